The lowest BCUT2D eigenvalue weighted by atomic mass is 9.87. The number of benzene rings is 2. The van der Waals surface area contributed by atoms with E-state index in [1.807, 2.05) is 83.1 Å². The van der Waals surface area contributed by atoms with Crippen molar-refractivity contribution in [2.45, 2.75) is 113 Å². The van der Waals surface area contributed by atoms with Crippen molar-refractivity contribution in [1.82, 2.24) is 9.80 Å². The molecule has 10 heteroatoms. The zero-order valence-electron chi connectivity index (χ0n) is 32.5. The largest absolute Gasteiger partial charge is 0.486 e. The second kappa shape index (κ2) is 17.5. The van der Waals surface area contributed by atoms with Gasteiger partial charge in [-0.05, 0) is 73.4 Å². The number of amides is 3. The fraction of sp³-hybridized carbons (Fsp3) is 0.550. The van der Waals surface area contributed by atoms with Gasteiger partial charge in [-0.3, -0.25) is 24.2 Å². The van der Waals surface area contributed by atoms with E-state index in [-0.39, 0.29) is 53.0 Å². The number of ketones is 2. The van der Waals surface area contributed by atoms with Crippen LogP contribution in [0.4, 0.5) is 4.79 Å². The summed E-state index contributed by atoms with van der Waals surface area (Å²) in [6.45, 7) is 27.1. The zero-order valence-corrected chi connectivity index (χ0v) is 32.5. The molecule has 10 nitrogen and oxygen atoms in total. The summed E-state index contributed by atoms with van der Waals surface area (Å²) in [4.78, 5) is 58.0. The summed E-state index contributed by atoms with van der Waals surface area (Å²) in [7, 11) is 0. The number of hydrogen-bond acceptors (Lipinski definition) is 8. The number of ether oxygens (including phenoxy) is 2. The first kappa shape index (κ1) is 41.8. The molecular formula is C40H58N4O6. The number of carbonyl (C=O) groups excluding carboxylic acids is 4. The fourth-order valence-electron chi connectivity index (χ4n) is 4.80. The highest BCUT2D eigenvalue weighted by Gasteiger charge is 2.46. The van der Waals surface area contributed by atoms with Crippen molar-refractivity contribution >= 4 is 35.2 Å². The van der Waals surface area contributed by atoms with Crippen molar-refractivity contribution in [1.29, 1.82) is 0 Å². The van der Waals surface area contributed by atoms with E-state index in [1.54, 1.807) is 4.90 Å². The maximum Gasteiger partial charge on any atom is 0.332 e. The number of imide groups is 1. The summed E-state index contributed by atoms with van der Waals surface area (Å²) in [6, 6.07) is 14.9. The Morgan fingerprint density at radius 2 is 1.10 bits per heavy atom. The number of aliphatic imine (C=N–C) groups is 2. The molecule has 0 saturated carbocycles. The molecule has 2 aromatic rings. The van der Waals surface area contributed by atoms with Gasteiger partial charge in [0.25, 0.3) is 5.91 Å². The summed E-state index contributed by atoms with van der Waals surface area (Å²) < 4.78 is 10.6. The van der Waals surface area contributed by atoms with Crippen molar-refractivity contribution in [3.05, 3.63) is 59.7 Å². The fourth-order valence-corrected chi connectivity index (χ4v) is 4.80. The number of amidine groups is 2. The van der Waals surface area contributed by atoms with Gasteiger partial charge in [-0.2, -0.15) is 0 Å². The van der Waals surface area contributed by atoms with E-state index in [0.29, 0.717) is 24.8 Å². The highest BCUT2D eigenvalue weighted by molar-refractivity contribution is 6.25. The van der Waals surface area contributed by atoms with Crippen LogP contribution in [0.5, 0.6) is 11.5 Å². The normalized spacial score (nSPS) is 15.9. The third kappa shape index (κ3) is 12.2. The highest BCUT2D eigenvalue weighted by atomic mass is 16.5. The Kier molecular flexibility index (Phi) is 14.7. The molecule has 2 aromatic carbocycles. The molecule has 4 rings (SSSR count). The van der Waals surface area contributed by atoms with Crippen LogP contribution in [0.1, 0.15) is 108 Å². The standard InChI is InChI=1S/C14H22N4O2.2C13H18O2/c1-6-8-18-11(19)9-10(17(7-2)13(18)20)16-12(15-9)14(3,4)5;2*1-10(14)9-15-12-7-5-11(6-8-12)13(2,3)4/h9H,6-8H2,1-5H3;2*5-8H,9H2,1-4H3. The molecule has 0 aliphatic carbocycles. The van der Waals surface area contributed by atoms with Crippen molar-refractivity contribution in [2.24, 2.45) is 15.4 Å². The number of nitrogens with zero attached hydrogens (tertiary/aromatic N) is 4. The van der Waals surface area contributed by atoms with Gasteiger partial charge < -0.3 is 9.47 Å². The van der Waals surface area contributed by atoms with Gasteiger partial charge in [0.15, 0.2) is 17.6 Å². The molecule has 0 radical (unpaired) electrons. The van der Waals surface area contributed by atoms with Gasteiger partial charge in [-0.25, -0.2) is 14.8 Å². The molecule has 1 saturated heterocycles. The van der Waals surface area contributed by atoms with Gasteiger partial charge in [-0.15, -0.1) is 0 Å². The topological polar surface area (TPSA) is 118 Å². The SMILES string of the molecule is CC(=O)COc1ccc(C(C)(C)C)cc1.CC(=O)COc1ccc(C(C)(C)C)cc1.CCCN1C(=O)C2N=C(C(C)(C)C)N=C2N(CC)C1=O. The van der Waals surface area contributed by atoms with E-state index in [0.717, 1.165) is 17.9 Å². The Bertz CT molecular complexity index is 1470. The van der Waals surface area contributed by atoms with Gasteiger partial charge in [0.05, 0.1) is 0 Å². The molecule has 1 unspecified atom stereocenters. The van der Waals surface area contributed by atoms with Crippen LogP contribution in [-0.2, 0) is 25.2 Å². The third-order valence-electron chi connectivity index (χ3n) is 7.71. The number of carbonyl (C=O) groups is 4. The predicted molar refractivity (Wildman–Crippen MR) is 201 cm³/mol. The highest BCUT2D eigenvalue weighted by Crippen LogP contribution is 2.28. The first-order valence-electron chi connectivity index (χ1n) is 17.3. The van der Waals surface area contributed by atoms with Crippen LogP contribution < -0.4 is 9.47 Å². The molecule has 2 heterocycles. The van der Waals surface area contributed by atoms with Crippen molar-refractivity contribution in [3.8, 4) is 11.5 Å². The molecular weight excluding hydrogens is 632 g/mol. The number of rotatable bonds is 9. The second-order valence-electron chi connectivity index (χ2n) is 15.6. The Hall–Kier alpha value is -4.34. The minimum absolute atomic E-state index is 0.0369. The number of hydrogen-bond donors (Lipinski definition) is 0. The van der Waals surface area contributed by atoms with Gasteiger partial charge in [0.2, 0.25) is 0 Å². The van der Waals surface area contributed by atoms with Crippen LogP contribution in [0.2, 0.25) is 0 Å². The number of urea groups is 1. The molecule has 2 aliphatic rings. The summed E-state index contributed by atoms with van der Waals surface area (Å²) in [5, 5.41) is 0. The molecule has 1 fully saturated rings. The number of Topliss-reactive ketones (excluding diaryl/α,β-unsaturated/α-hetero) is 2. The van der Waals surface area contributed by atoms with Crippen LogP contribution in [0.3, 0.4) is 0 Å². The van der Waals surface area contributed by atoms with E-state index >= 15 is 0 Å². The number of likely N-dealkylation sites (N-methyl/N-ethyl adjacent to an activating group) is 1. The molecule has 3 amide bonds. The van der Waals surface area contributed by atoms with Crippen molar-refractivity contribution in [2.75, 3.05) is 26.3 Å². The van der Waals surface area contributed by atoms with Gasteiger partial charge in [0.1, 0.15) is 36.4 Å². The van der Waals surface area contributed by atoms with Gasteiger partial charge in [-0.1, -0.05) is 93.5 Å². The summed E-state index contributed by atoms with van der Waals surface area (Å²) in [5.41, 5.74) is 2.59. The zero-order chi connectivity index (χ0) is 38.0. The number of fused-ring (bicyclic) bond motifs is 1. The van der Waals surface area contributed by atoms with Crippen LogP contribution in [0, 0.1) is 5.41 Å². The molecule has 0 aromatic heterocycles. The first-order valence-corrected chi connectivity index (χ1v) is 17.3. The summed E-state index contributed by atoms with van der Waals surface area (Å²) in [6.07, 6.45) is 0.740. The lowest BCUT2D eigenvalue weighted by molar-refractivity contribution is -0.129. The van der Waals surface area contributed by atoms with Gasteiger partial charge in [0, 0.05) is 18.5 Å². The monoisotopic (exact) mass is 690 g/mol. The maximum atomic E-state index is 12.4. The van der Waals surface area contributed by atoms with Crippen LogP contribution in [0.15, 0.2) is 58.5 Å². The van der Waals surface area contributed by atoms with E-state index < -0.39 is 6.04 Å². The van der Waals surface area contributed by atoms with Crippen molar-refractivity contribution < 1.29 is 28.7 Å². The van der Waals surface area contributed by atoms with Crippen LogP contribution >= 0.6 is 0 Å². The smallest absolute Gasteiger partial charge is 0.332 e. The Balaban J connectivity index is 0.000000265. The van der Waals surface area contributed by atoms with E-state index in [9.17, 15) is 19.2 Å². The Morgan fingerprint density at radius 1 is 0.680 bits per heavy atom. The average Bonchev–Trinajstić information content (AvgIpc) is 3.48. The predicted octanol–water partition coefficient (Wildman–Crippen LogP) is 7.81. The molecule has 0 bridgehead atoms. The maximum absolute atomic E-state index is 12.4. The summed E-state index contributed by atoms with van der Waals surface area (Å²) in [5.74, 6) is 2.44. The van der Waals surface area contributed by atoms with Crippen LogP contribution in [0.25, 0.3) is 0 Å². The molecule has 2 aliphatic heterocycles. The molecule has 50 heavy (non-hydrogen) atoms. The van der Waals surface area contributed by atoms with Gasteiger partial charge >= 0.3 is 6.03 Å². The minimum atomic E-state index is -0.645. The van der Waals surface area contributed by atoms with E-state index in [4.69, 9.17) is 9.47 Å². The minimum Gasteiger partial charge on any atom is -0.486 e. The lowest BCUT2D eigenvalue weighted by Crippen LogP contribution is -2.60. The second-order valence-corrected chi connectivity index (χ2v) is 15.6. The Labute approximate surface area is 299 Å². The Morgan fingerprint density at radius 3 is 1.42 bits per heavy atom. The molecule has 1 atom stereocenters. The third-order valence-corrected chi connectivity index (χ3v) is 7.71. The molecule has 0 N–H and O–H groups in total. The quantitative estimate of drug-likeness (QED) is 0.265. The average molecular weight is 691 g/mol. The van der Waals surface area contributed by atoms with Crippen molar-refractivity contribution in [3.63, 3.8) is 0 Å². The molecule has 274 valence electrons. The first-order chi connectivity index (χ1) is 23.1. The molecule has 0 spiro atoms. The van der Waals surface area contributed by atoms with E-state index in [1.165, 1.54) is 29.9 Å². The van der Waals surface area contributed by atoms with E-state index in [2.05, 4.69) is 51.5 Å². The lowest BCUT2D eigenvalue weighted by Gasteiger charge is -2.35. The van der Waals surface area contributed by atoms with Crippen LogP contribution in [-0.4, -0.2) is 77.3 Å². The summed E-state index contributed by atoms with van der Waals surface area (Å²) >= 11 is 0.